The van der Waals surface area contributed by atoms with Gasteiger partial charge < -0.3 is 15.4 Å². The molecule has 0 aliphatic heterocycles. The Morgan fingerprint density at radius 1 is 1.00 bits per heavy atom. The van der Waals surface area contributed by atoms with Gasteiger partial charge in [-0.3, -0.25) is 0 Å². The zero-order valence-electron chi connectivity index (χ0n) is 15.2. The monoisotopic (exact) mass is 354 g/mol. The Morgan fingerprint density at radius 3 is 2.59 bits per heavy atom. The fourth-order valence-corrected chi connectivity index (χ4v) is 3.45. The molecule has 1 aromatic heterocycles. The molecule has 0 spiro atoms. The molecule has 3 nitrogen and oxygen atoms in total. The van der Waals surface area contributed by atoms with E-state index in [9.17, 15) is 5.11 Å². The molecule has 27 heavy (non-hydrogen) atoms. The van der Waals surface area contributed by atoms with Crippen LogP contribution in [0.15, 0.2) is 85.6 Å². The number of rotatable bonds is 5. The van der Waals surface area contributed by atoms with Gasteiger partial charge in [-0.1, -0.05) is 49.0 Å². The second kappa shape index (κ2) is 7.04. The van der Waals surface area contributed by atoms with E-state index in [1.165, 1.54) is 5.56 Å². The quantitative estimate of drug-likeness (QED) is 0.409. The Bertz CT molecular complexity index is 1100. The first-order valence-electron chi connectivity index (χ1n) is 8.99. The highest BCUT2D eigenvalue weighted by atomic mass is 16.3. The summed E-state index contributed by atoms with van der Waals surface area (Å²) >= 11 is 0. The molecule has 0 aliphatic carbocycles. The molecule has 4 aromatic rings. The molecule has 134 valence electrons. The molecule has 4 rings (SSSR count). The van der Waals surface area contributed by atoms with Gasteiger partial charge in [0, 0.05) is 28.4 Å². The highest BCUT2D eigenvalue weighted by Crippen LogP contribution is 2.36. The molecular formula is C24H22N2O. The lowest BCUT2D eigenvalue weighted by molar-refractivity contribution is 0.476. The average molecular weight is 354 g/mol. The van der Waals surface area contributed by atoms with Crippen molar-refractivity contribution in [1.29, 1.82) is 0 Å². The highest BCUT2D eigenvalue weighted by Gasteiger charge is 2.19. The van der Waals surface area contributed by atoms with Crippen LogP contribution in [0.2, 0.25) is 0 Å². The Kier molecular flexibility index (Phi) is 4.43. The van der Waals surface area contributed by atoms with E-state index in [-0.39, 0.29) is 11.8 Å². The van der Waals surface area contributed by atoms with E-state index in [0.717, 1.165) is 33.3 Å². The van der Waals surface area contributed by atoms with Gasteiger partial charge in [-0.25, -0.2) is 0 Å². The Morgan fingerprint density at radius 2 is 1.81 bits per heavy atom. The van der Waals surface area contributed by atoms with Crippen molar-refractivity contribution in [3.05, 3.63) is 102 Å². The molecule has 3 heteroatoms. The van der Waals surface area contributed by atoms with E-state index in [1.54, 1.807) is 12.1 Å². The number of H-pyrrole nitrogens is 1. The third-order valence-electron chi connectivity index (χ3n) is 4.82. The van der Waals surface area contributed by atoms with Gasteiger partial charge in [-0.05, 0) is 54.0 Å². The number of anilines is 1. The van der Waals surface area contributed by atoms with Gasteiger partial charge in [-0.2, -0.15) is 0 Å². The van der Waals surface area contributed by atoms with Gasteiger partial charge in [0.2, 0.25) is 0 Å². The molecule has 1 heterocycles. The lowest BCUT2D eigenvalue weighted by atomic mass is 9.93. The van der Waals surface area contributed by atoms with Crippen molar-refractivity contribution in [3.63, 3.8) is 0 Å². The number of phenols is 1. The van der Waals surface area contributed by atoms with Crippen LogP contribution in [0.4, 0.5) is 5.69 Å². The lowest BCUT2D eigenvalue weighted by Crippen LogP contribution is -2.12. The highest BCUT2D eigenvalue weighted by molar-refractivity contribution is 5.94. The van der Waals surface area contributed by atoms with Crippen molar-refractivity contribution < 1.29 is 5.11 Å². The molecule has 0 radical (unpaired) electrons. The molecule has 3 N–H and O–H groups in total. The standard InChI is InChI=1S/C24H22N2O/c1-16-7-6-10-19(13-16)26-24(18-8-4-3-5-9-18)17(2)22-15-25-23-12-11-20(27)14-21(22)23/h3-15,24-27H,2H2,1H3. The largest absolute Gasteiger partial charge is 0.508 e. The number of aromatic nitrogens is 1. The average Bonchev–Trinajstić information content (AvgIpc) is 3.09. The molecule has 0 bridgehead atoms. The number of benzene rings is 3. The topological polar surface area (TPSA) is 48.0 Å². The maximum Gasteiger partial charge on any atom is 0.116 e. The second-order valence-corrected chi connectivity index (χ2v) is 6.81. The smallest absolute Gasteiger partial charge is 0.116 e. The number of aromatic hydroxyl groups is 1. The summed E-state index contributed by atoms with van der Waals surface area (Å²) in [6.07, 6.45) is 1.96. The van der Waals surface area contributed by atoms with Gasteiger partial charge in [0.25, 0.3) is 0 Å². The first-order valence-corrected chi connectivity index (χ1v) is 8.99. The van der Waals surface area contributed by atoms with Crippen LogP contribution in [-0.4, -0.2) is 10.1 Å². The summed E-state index contributed by atoms with van der Waals surface area (Å²) in [6, 6.07) is 23.9. The molecular weight excluding hydrogens is 332 g/mol. The molecule has 0 aliphatic rings. The first-order chi connectivity index (χ1) is 13.1. The van der Waals surface area contributed by atoms with Crippen LogP contribution in [0, 0.1) is 6.92 Å². The summed E-state index contributed by atoms with van der Waals surface area (Å²) in [4.78, 5) is 3.28. The van der Waals surface area contributed by atoms with Crippen molar-refractivity contribution in [3.8, 4) is 5.75 Å². The van der Waals surface area contributed by atoms with E-state index in [1.807, 2.05) is 36.5 Å². The van der Waals surface area contributed by atoms with E-state index >= 15 is 0 Å². The van der Waals surface area contributed by atoms with Gasteiger partial charge in [-0.15, -0.1) is 0 Å². The van der Waals surface area contributed by atoms with Crippen LogP contribution in [0.25, 0.3) is 16.5 Å². The van der Waals surface area contributed by atoms with Crippen LogP contribution < -0.4 is 5.32 Å². The van der Waals surface area contributed by atoms with E-state index < -0.39 is 0 Å². The second-order valence-electron chi connectivity index (χ2n) is 6.81. The number of hydrogen-bond acceptors (Lipinski definition) is 2. The van der Waals surface area contributed by atoms with Crippen LogP contribution in [0.1, 0.15) is 22.7 Å². The molecule has 0 fully saturated rings. The number of fused-ring (bicyclic) bond motifs is 1. The molecule has 0 saturated heterocycles. The van der Waals surface area contributed by atoms with Gasteiger partial charge in [0.15, 0.2) is 0 Å². The van der Waals surface area contributed by atoms with E-state index in [4.69, 9.17) is 0 Å². The predicted molar refractivity (Wildman–Crippen MR) is 113 cm³/mol. The van der Waals surface area contributed by atoms with Crippen molar-refractivity contribution in [2.45, 2.75) is 13.0 Å². The van der Waals surface area contributed by atoms with Crippen LogP contribution >= 0.6 is 0 Å². The maximum atomic E-state index is 9.92. The molecule has 1 unspecified atom stereocenters. The Balaban J connectivity index is 1.77. The minimum atomic E-state index is -0.0886. The van der Waals surface area contributed by atoms with E-state index in [2.05, 4.69) is 54.1 Å². The summed E-state index contributed by atoms with van der Waals surface area (Å²) in [5.74, 6) is 0.249. The zero-order chi connectivity index (χ0) is 18.8. The fourth-order valence-electron chi connectivity index (χ4n) is 3.45. The SMILES string of the molecule is C=C(c1c[nH]c2ccc(O)cc12)C(Nc1cccc(C)c1)c1ccccc1. The Labute approximate surface area is 159 Å². The number of nitrogens with one attached hydrogen (secondary N) is 2. The Hall–Kier alpha value is -3.46. The van der Waals surface area contributed by atoms with Crippen molar-refractivity contribution in [2.75, 3.05) is 5.32 Å². The van der Waals surface area contributed by atoms with Crippen molar-refractivity contribution >= 4 is 22.2 Å². The summed E-state index contributed by atoms with van der Waals surface area (Å²) < 4.78 is 0. The van der Waals surface area contributed by atoms with Crippen LogP contribution in [0.5, 0.6) is 5.75 Å². The summed E-state index contributed by atoms with van der Waals surface area (Å²) in [5, 5.41) is 14.5. The van der Waals surface area contributed by atoms with Crippen LogP contribution in [0.3, 0.4) is 0 Å². The van der Waals surface area contributed by atoms with Crippen molar-refractivity contribution in [1.82, 2.24) is 4.98 Å². The van der Waals surface area contributed by atoms with E-state index in [0.29, 0.717) is 0 Å². The molecule has 0 amide bonds. The van der Waals surface area contributed by atoms with Crippen LogP contribution in [-0.2, 0) is 0 Å². The zero-order valence-corrected chi connectivity index (χ0v) is 15.2. The number of phenolic OH excluding ortho intramolecular Hbond substituents is 1. The predicted octanol–water partition coefficient (Wildman–Crippen LogP) is 6.05. The number of hydrogen-bond donors (Lipinski definition) is 3. The minimum absolute atomic E-state index is 0.0886. The van der Waals surface area contributed by atoms with Crippen molar-refractivity contribution in [2.24, 2.45) is 0 Å². The summed E-state index contributed by atoms with van der Waals surface area (Å²) in [5.41, 5.74) is 6.31. The maximum absolute atomic E-state index is 9.92. The summed E-state index contributed by atoms with van der Waals surface area (Å²) in [6.45, 7) is 6.49. The normalized spacial score (nSPS) is 12.0. The molecule has 0 saturated carbocycles. The third-order valence-corrected chi connectivity index (χ3v) is 4.82. The molecule has 1 atom stereocenters. The fraction of sp³-hybridized carbons (Fsp3) is 0.0833. The summed E-state index contributed by atoms with van der Waals surface area (Å²) in [7, 11) is 0. The minimum Gasteiger partial charge on any atom is -0.508 e. The molecule has 3 aromatic carbocycles. The van der Waals surface area contributed by atoms with Gasteiger partial charge in [0.1, 0.15) is 5.75 Å². The first kappa shape index (κ1) is 17.0. The van der Waals surface area contributed by atoms with Gasteiger partial charge >= 0.3 is 0 Å². The lowest BCUT2D eigenvalue weighted by Gasteiger charge is -2.23. The van der Waals surface area contributed by atoms with Gasteiger partial charge in [0.05, 0.1) is 6.04 Å². The number of aryl methyl sites for hydroxylation is 1. The third kappa shape index (κ3) is 3.44. The number of aromatic amines is 1.